The molecule has 0 aliphatic carbocycles. The summed E-state index contributed by atoms with van der Waals surface area (Å²) in [6.45, 7) is 9.17. The van der Waals surface area contributed by atoms with Crippen LogP contribution in [0.15, 0.2) is 0 Å². The summed E-state index contributed by atoms with van der Waals surface area (Å²) < 4.78 is 0. The van der Waals surface area contributed by atoms with Crippen molar-refractivity contribution in [1.29, 1.82) is 0 Å². The van der Waals surface area contributed by atoms with Crippen molar-refractivity contribution in [2.45, 2.75) is 27.7 Å². The Morgan fingerprint density at radius 2 is 0.538 bits per heavy atom. The van der Waals surface area contributed by atoms with Gasteiger partial charge in [0, 0.05) is 0 Å². The van der Waals surface area contributed by atoms with Crippen molar-refractivity contribution < 1.29 is 26.2 Å². The Morgan fingerprint density at radius 1 is 0.538 bits per heavy atom. The molecule has 13 heavy (non-hydrogen) atoms. The van der Waals surface area contributed by atoms with Crippen LogP contribution in [0.25, 0.3) is 22.9 Å². The summed E-state index contributed by atoms with van der Waals surface area (Å²) in [6.07, 6.45) is 0. The Kier molecular flexibility index (Phi) is 176. The Bertz CT molecular complexity index is 24.1. The Balaban J connectivity index is -0.0000000213. The minimum absolute atomic E-state index is 0. The molecule has 4 nitrogen and oxygen atoms in total. The van der Waals surface area contributed by atoms with Gasteiger partial charge in [0.1, 0.15) is 0 Å². The minimum atomic E-state index is 0. The largest absolute Gasteiger partial charge is 4.00 e. The van der Waals surface area contributed by atoms with Crippen molar-refractivity contribution in [2.24, 2.45) is 0 Å². The summed E-state index contributed by atoms with van der Waals surface area (Å²) >= 11 is 0. The summed E-state index contributed by atoms with van der Waals surface area (Å²) in [5.41, 5.74) is 24.8. The average Bonchev–Trinajstić information content (AvgIpc) is 1.92. The zero-order valence-corrected chi connectivity index (χ0v) is 11.8. The standard InChI is InChI=1S/4C2H6N.Zr/c4*1-2-3;/h4*3H,2H2,1H3;/q4*-1;+4. The van der Waals surface area contributed by atoms with Gasteiger partial charge in [-0.25, -0.2) is 0 Å². The maximum atomic E-state index is 6.21. The molecule has 0 aliphatic heterocycles. The molecule has 0 saturated heterocycles. The van der Waals surface area contributed by atoms with Gasteiger partial charge in [0.15, 0.2) is 0 Å². The van der Waals surface area contributed by atoms with E-state index in [2.05, 4.69) is 0 Å². The van der Waals surface area contributed by atoms with Gasteiger partial charge in [0.05, 0.1) is 0 Å². The van der Waals surface area contributed by atoms with Gasteiger partial charge in [-0.3, -0.25) is 0 Å². The maximum Gasteiger partial charge on any atom is 4.00 e. The Morgan fingerprint density at radius 3 is 0.538 bits per heavy atom. The quantitative estimate of drug-likeness (QED) is 0.628. The molecule has 0 atom stereocenters. The third-order valence-electron chi connectivity index (χ3n) is 0. The molecule has 0 amide bonds. The summed E-state index contributed by atoms with van der Waals surface area (Å²) in [6, 6.07) is 0. The van der Waals surface area contributed by atoms with Gasteiger partial charge in [-0.05, 0) is 0 Å². The van der Waals surface area contributed by atoms with Gasteiger partial charge < -0.3 is 22.9 Å². The van der Waals surface area contributed by atoms with E-state index in [0.717, 1.165) is 0 Å². The van der Waals surface area contributed by atoms with Crippen LogP contribution in [0, 0.1) is 0 Å². The van der Waals surface area contributed by atoms with Crippen molar-refractivity contribution >= 4 is 0 Å². The van der Waals surface area contributed by atoms with E-state index in [1.807, 2.05) is 0 Å². The van der Waals surface area contributed by atoms with Crippen LogP contribution in [0.2, 0.25) is 0 Å². The second-order valence-electron chi connectivity index (χ2n) is 1.41. The van der Waals surface area contributed by atoms with Gasteiger partial charge in [-0.1, -0.05) is 27.7 Å². The van der Waals surface area contributed by atoms with Crippen LogP contribution >= 0.6 is 0 Å². The van der Waals surface area contributed by atoms with Gasteiger partial charge >= 0.3 is 26.2 Å². The van der Waals surface area contributed by atoms with E-state index in [1.54, 1.807) is 27.7 Å². The molecule has 0 bridgehead atoms. The molecule has 0 aromatic carbocycles. The predicted molar refractivity (Wildman–Crippen MR) is 59.5 cm³/mol. The number of hydrogen-bond acceptors (Lipinski definition) is 0. The van der Waals surface area contributed by atoms with Crippen LogP contribution in [0.5, 0.6) is 0 Å². The molecule has 0 unspecified atom stereocenters. The normalized spacial score (nSPS) is 5.54. The fourth-order valence-electron chi connectivity index (χ4n) is 0. The Labute approximate surface area is 103 Å². The van der Waals surface area contributed by atoms with Gasteiger partial charge in [-0.2, -0.15) is 26.2 Å². The molecule has 0 heterocycles. The summed E-state index contributed by atoms with van der Waals surface area (Å²) in [7, 11) is 0. The van der Waals surface area contributed by atoms with E-state index < -0.39 is 0 Å². The SMILES string of the molecule is CC[NH-].CC[NH-].CC[NH-].CC[NH-].[Zr+4]. The molecule has 4 N–H and O–H groups in total. The van der Waals surface area contributed by atoms with Crippen LogP contribution in [0.3, 0.4) is 0 Å². The van der Waals surface area contributed by atoms with E-state index in [-0.39, 0.29) is 26.2 Å². The summed E-state index contributed by atoms with van der Waals surface area (Å²) in [4.78, 5) is 0. The second kappa shape index (κ2) is 78.4. The first-order valence-electron chi connectivity index (χ1n) is 4.24. The van der Waals surface area contributed by atoms with Crippen LogP contribution in [-0.2, 0) is 26.2 Å². The first kappa shape index (κ1) is 29.2. The Hall–Kier alpha value is 0.723. The molecular weight excluding hydrogens is 243 g/mol. The first-order valence-corrected chi connectivity index (χ1v) is 4.24. The molecular formula is C8H24N4Zr. The molecule has 0 spiro atoms. The van der Waals surface area contributed by atoms with E-state index in [9.17, 15) is 0 Å². The zero-order chi connectivity index (χ0) is 10.8. The number of nitrogens with one attached hydrogen (secondary N) is 4. The molecule has 0 saturated carbocycles. The maximum absolute atomic E-state index is 6.21. The third kappa shape index (κ3) is 2800. The summed E-state index contributed by atoms with van der Waals surface area (Å²) in [5.74, 6) is 0. The molecule has 0 aromatic rings. The van der Waals surface area contributed by atoms with Crippen molar-refractivity contribution in [1.82, 2.24) is 0 Å². The van der Waals surface area contributed by atoms with E-state index >= 15 is 0 Å². The average molecular weight is 268 g/mol. The van der Waals surface area contributed by atoms with Crippen LogP contribution in [0.4, 0.5) is 0 Å². The van der Waals surface area contributed by atoms with E-state index in [0.29, 0.717) is 26.2 Å². The molecule has 5 heteroatoms. The first-order chi connectivity index (χ1) is 5.66. The molecule has 0 aromatic heterocycles. The fraction of sp³-hybridized carbons (Fsp3) is 1.00. The van der Waals surface area contributed by atoms with Crippen molar-refractivity contribution in [3.05, 3.63) is 22.9 Å². The second-order valence-corrected chi connectivity index (χ2v) is 1.41. The van der Waals surface area contributed by atoms with Gasteiger partial charge in [0.2, 0.25) is 0 Å². The number of hydrogen-bond donors (Lipinski definition) is 0. The van der Waals surface area contributed by atoms with Crippen LogP contribution in [-0.4, -0.2) is 26.2 Å². The smallest absolute Gasteiger partial charge is 0.678 e. The van der Waals surface area contributed by atoms with Gasteiger partial charge in [-0.15, -0.1) is 0 Å². The topological polar surface area (TPSA) is 95.2 Å². The van der Waals surface area contributed by atoms with Gasteiger partial charge in [0.25, 0.3) is 0 Å². The van der Waals surface area contributed by atoms with E-state index in [4.69, 9.17) is 22.9 Å². The summed E-state index contributed by atoms with van der Waals surface area (Å²) in [5, 5.41) is 0. The van der Waals surface area contributed by atoms with E-state index in [1.165, 1.54) is 0 Å². The molecule has 0 aliphatic rings. The minimum Gasteiger partial charge on any atom is -0.678 e. The van der Waals surface area contributed by atoms with Crippen molar-refractivity contribution in [2.75, 3.05) is 26.2 Å². The molecule has 80 valence electrons. The van der Waals surface area contributed by atoms with Crippen LogP contribution in [0.1, 0.15) is 27.7 Å². The molecule has 0 rings (SSSR count). The molecule has 0 fully saturated rings. The predicted octanol–water partition coefficient (Wildman–Crippen LogP) is 4.23. The van der Waals surface area contributed by atoms with Crippen molar-refractivity contribution in [3.8, 4) is 0 Å². The molecule has 0 radical (unpaired) electrons. The zero-order valence-electron chi connectivity index (χ0n) is 9.33. The monoisotopic (exact) mass is 266 g/mol. The van der Waals surface area contributed by atoms with Crippen molar-refractivity contribution in [3.63, 3.8) is 0 Å². The van der Waals surface area contributed by atoms with Crippen LogP contribution < -0.4 is 0 Å². The third-order valence-corrected chi connectivity index (χ3v) is 0. The fourth-order valence-corrected chi connectivity index (χ4v) is 0. The number of rotatable bonds is 0.